The monoisotopic (exact) mass is 1910 g/mol. The van der Waals surface area contributed by atoms with Gasteiger partial charge in [0, 0.05) is 110 Å². The van der Waals surface area contributed by atoms with Gasteiger partial charge in [-0.05, 0) is 225 Å². The van der Waals surface area contributed by atoms with Gasteiger partial charge in [-0.15, -0.1) is 0 Å². The van der Waals surface area contributed by atoms with Gasteiger partial charge < -0.3 is 13.7 Å². The molecule has 18 heteroatoms. The molecule has 0 bridgehead atoms. The van der Waals surface area contributed by atoms with Crippen LogP contribution in [0, 0.1) is 62.8 Å². The normalized spacial score (nSPS) is 11.6. The summed E-state index contributed by atoms with van der Waals surface area (Å²) in [4.78, 5) is 23.6. The van der Waals surface area contributed by atoms with E-state index in [1.807, 2.05) is 98.6 Å². The predicted octanol–water partition coefficient (Wildman–Crippen LogP) is 32.3. The maximum Gasteiger partial charge on any atom is 0.236 e. The standard InChI is InChI=1S/2C45H26FN5.C41H22FN5/c46-32-18-22-39-38(26-32)40(27-47)49-45(48-39)51-42-13-7-5-11-35(42)37-24-30(17-23-43(37)51)31-16-21-36-34-10-4-6-12-41(34)50(44(36)25-31)33-19-14-29(15-20-33)28-8-2-1-3-9-28;46-32-18-22-37-39(26-32)48-45(49-40(37)27-47)51-42-13-7-5-11-35(42)38-24-30(17-23-43(38)51)31-16-21-36-34-10-4-6-12-41(34)50(44(36)25-31)33-19-14-29(15-20-33)28-8-2-1-3-9-28;42-27-16-18-29-34(23-43)35(24-44)41(45-36(29)22-27)47-38-13-7-5-11-31(38)33-20-25(15-19-39(33)47)26-14-17-32-30-10-4-6-12-37(30)46(40(32)21-26)28-8-2-1-3-9-28/h2*1-26H;1-22H. The van der Waals surface area contributed by atoms with Crippen molar-refractivity contribution in [2.24, 2.45) is 0 Å². The van der Waals surface area contributed by atoms with Crippen molar-refractivity contribution >= 4 is 164 Å². The molecule has 149 heavy (non-hydrogen) atoms. The smallest absolute Gasteiger partial charge is 0.236 e. The van der Waals surface area contributed by atoms with Crippen LogP contribution in [0.2, 0.25) is 0 Å². The van der Waals surface area contributed by atoms with E-state index in [2.05, 4.69) is 357 Å². The van der Waals surface area contributed by atoms with Crippen molar-refractivity contribution in [2.45, 2.75) is 0 Å². The number of hydrogen-bond acceptors (Lipinski definition) is 9. The SMILES string of the molecule is N#Cc1c(-n2c3ccccc3c3cc(-c4ccc5c6ccccc6n(-c6ccccc6)c5c4)ccc32)nc2cc(F)ccc2c1C#N.N#Cc1nc(-n2c3ccccc3c3cc(-c4ccc5c6ccccc6n(-c6ccc(-c7ccccc7)cc6)c5c4)ccc32)nc2cc(F)ccc12.N#Cc1nc(-n2c3ccccc3c3cc(-c4ccc5c6ccccc6n(-c6ccc(-c7ccccc7)cc6)c5c4)ccc32)nc2ccc(F)cc12. The van der Waals surface area contributed by atoms with E-state index in [0.717, 1.165) is 149 Å². The van der Waals surface area contributed by atoms with Gasteiger partial charge in [0.25, 0.3) is 0 Å². The van der Waals surface area contributed by atoms with Crippen molar-refractivity contribution in [3.8, 4) is 115 Å². The Morgan fingerprint density at radius 2 is 0.450 bits per heavy atom. The number of benzene rings is 20. The van der Waals surface area contributed by atoms with E-state index in [1.165, 1.54) is 97.0 Å². The zero-order chi connectivity index (χ0) is 99.8. The van der Waals surface area contributed by atoms with Crippen LogP contribution < -0.4 is 0 Å². The predicted molar refractivity (Wildman–Crippen MR) is 593 cm³/mol. The number of pyridine rings is 1. The molecule has 0 saturated heterocycles. The summed E-state index contributed by atoms with van der Waals surface area (Å²) in [5.41, 5.74) is 28.5. The van der Waals surface area contributed by atoms with Crippen LogP contribution in [0.5, 0.6) is 0 Å². The van der Waals surface area contributed by atoms with Crippen molar-refractivity contribution in [1.29, 1.82) is 21.0 Å². The van der Waals surface area contributed by atoms with E-state index in [0.29, 0.717) is 50.4 Å². The average molecular weight is 1920 g/mol. The molecule has 0 aliphatic rings. The number of nitriles is 4. The van der Waals surface area contributed by atoms with Crippen LogP contribution in [0.4, 0.5) is 13.2 Å². The molecule has 0 radical (unpaired) electrons. The average Bonchev–Trinajstić information content (AvgIpc) is 1.60. The van der Waals surface area contributed by atoms with E-state index in [4.69, 9.17) is 15.0 Å². The minimum atomic E-state index is -0.459. The number of aromatic nitrogens is 11. The summed E-state index contributed by atoms with van der Waals surface area (Å²) in [7, 11) is 0. The van der Waals surface area contributed by atoms with Crippen LogP contribution in [0.15, 0.2) is 449 Å². The third-order valence-electron chi connectivity index (χ3n) is 28.8. The van der Waals surface area contributed by atoms with Crippen LogP contribution in [0.3, 0.4) is 0 Å². The summed E-state index contributed by atoms with van der Waals surface area (Å²) >= 11 is 0. The lowest BCUT2D eigenvalue weighted by molar-refractivity contribution is 0.629. The summed E-state index contributed by atoms with van der Waals surface area (Å²) in [5, 5.41) is 54.9. The molecule has 0 aliphatic carbocycles. The minimum absolute atomic E-state index is 0.135. The van der Waals surface area contributed by atoms with Crippen molar-refractivity contribution in [1.82, 2.24) is 52.3 Å². The van der Waals surface area contributed by atoms with E-state index in [-0.39, 0.29) is 22.5 Å². The number of halogens is 3. The first kappa shape index (κ1) is 87.1. The van der Waals surface area contributed by atoms with E-state index in [1.54, 1.807) is 12.1 Å². The fourth-order valence-electron chi connectivity index (χ4n) is 22.0. The number of para-hydroxylation sites is 7. The molecule has 29 rings (SSSR count). The van der Waals surface area contributed by atoms with Gasteiger partial charge in [0.2, 0.25) is 11.9 Å². The van der Waals surface area contributed by atoms with Gasteiger partial charge in [-0.25, -0.2) is 38.1 Å². The molecule has 0 N–H and O–H groups in total. The lowest BCUT2D eigenvalue weighted by atomic mass is 10.0. The molecule has 0 atom stereocenters. The van der Waals surface area contributed by atoms with Gasteiger partial charge in [0.1, 0.15) is 47.3 Å². The Bertz CT molecular complexity index is 10900. The van der Waals surface area contributed by atoms with Gasteiger partial charge in [-0.2, -0.15) is 21.0 Å². The molecular formula is C131H74F3N15. The number of rotatable bonds is 11. The maximum atomic E-state index is 14.3. The van der Waals surface area contributed by atoms with Crippen LogP contribution in [0.25, 0.3) is 254 Å². The molecule has 0 spiro atoms. The zero-order valence-corrected chi connectivity index (χ0v) is 79.1. The molecular weight excluding hydrogens is 1840 g/mol. The maximum absolute atomic E-state index is 14.3. The largest absolute Gasteiger partial charge is 0.309 e. The lowest BCUT2D eigenvalue weighted by Crippen LogP contribution is -2.04. The third-order valence-corrected chi connectivity index (χ3v) is 28.8. The first-order valence-corrected chi connectivity index (χ1v) is 48.7. The summed E-state index contributed by atoms with van der Waals surface area (Å²) in [6, 6.07) is 159. The Morgan fingerprint density at radius 3 is 0.859 bits per heavy atom. The number of hydrogen-bond donors (Lipinski definition) is 0. The lowest BCUT2D eigenvalue weighted by Gasteiger charge is -2.12. The van der Waals surface area contributed by atoms with Gasteiger partial charge in [0.15, 0.2) is 17.2 Å². The van der Waals surface area contributed by atoms with Crippen LogP contribution in [0.1, 0.15) is 22.5 Å². The summed E-state index contributed by atoms with van der Waals surface area (Å²) in [6.07, 6.45) is 0. The molecule has 15 nitrogen and oxygen atoms in total. The fraction of sp³-hybridized carbons (Fsp3) is 0. The Labute approximate surface area is 848 Å². The van der Waals surface area contributed by atoms with E-state index >= 15 is 0 Å². The molecule has 29 aromatic rings. The molecule has 0 aliphatic heterocycles. The minimum Gasteiger partial charge on any atom is -0.309 e. The second-order valence-corrected chi connectivity index (χ2v) is 37.0. The van der Waals surface area contributed by atoms with Gasteiger partial charge in [-0.1, -0.05) is 267 Å². The molecule has 0 fully saturated rings. The molecule has 9 heterocycles. The molecule has 0 saturated carbocycles. The Kier molecular flexibility index (Phi) is 20.6. The Balaban J connectivity index is 0.000000110. The first-order valence-electron chi connectivity index (χ1n) is 48.7. The van der Waals surface area contributed by atoms with Gasteiger partial charge >= 0.3 is 0 Å². The van der Waals surface area contributed by atoms with Crippen LogP contribution >= 0.6 is 0 Å². The van der Waals surface area contributed by atoms with Crippen LogP contribution in [-0.4, -0.2) is 52.3 Å². The quantitative estimate of drug-likeness (QED) is 0.121. The van der Waals surface area contributed by atoms with E-state index < -0.39 is 17.5 Å². The van der Waals surface area contributed by atoms with Gasteiger partial charge in [-0.3, -0.25) is 13.7 Å². The molecule has 20 aromatic carbocycles. The Hall–Kier alpha value is -21.0. The van der Waals surface area contributed by atoms with Gasteiger partial charge in [0.05, 0.1) is 88.3 Å². The Morgan fingerprint density at radius 1 is 0.168 bits per heavy atom. The summed E-state index contributed by atoms with van der Waals surface area (Å²) in [5.74, 6) is -0.307. The second-order valence-electron chi connectivity index (χ2n) is 37.0. The number of fused-ring (bicyclic) bond motifs is 21. The highest BCUT2D eigenvalue weighted by molar-refractivity contribution is 6.17. The molecule has 0 amide bonds. The number of nitrogens with zero attached hydrogens (tertiary/aromatic N) is 15. The van der Waals surface area contributed by atoms with Crippen molar-refractivity contribution < 1.29 is 13.2 Å². The highest BCUT2D eigenvalue weighted by Gasteiger charge is 2.27. The zero-order valence-electron chi connectivity index (χ0n) is 79.1. The summed E-state index contributed by atoms with van der Waals surface area (Å²) < 4.78 is 55.5. The van der Waals surface area contributed by atoms with Crippen molar-refractivity contribution in [3.63, 3.8) is 0 Å². The molecule has 9 aromatic heterocycles. The van der Waals surface area contributed by atoms with Crippen molar-refractivity contribution in [3.05, 3.63) is 489 Å². The highest BCUT2D eigenvalue weighted by Crippen LogP contribution is 2.46. The van der Waals surface area contributed by atoms with Crippen molar-refractivity contribution in [2.75, 3.05) is 0 Å². The topological polar surface area (TPSA) is 189 Å². The highest BCUT2D eigenvalue weighted by atomic mass is 19.1. The molecule has 0 unspecified atom stereocenters. The summed E-state index contributed by atoms with van der Waals surface area (Å²) in [6.45, 7) is 0. The van der Waals surface area contributed by atoms with E-state index in [9.17, 15) is 34.2 Å². The molecule has 694 valence electrons. The second kappa shape index (κ2) is 35.3. The fourth-order valence-corrected chi connectivity index (χ4v) is 22.0. The van der Waals surface area contributed by atoms with Crippen LogP contribution in [-0.2, 0) is 0 Å². The third kappa shape index (κ3) is 14.5. The first-order chi connectivity index (χ1) is 73.4.